The highest BCUT2D eigenvalue weighted by atomic mass is 79.9. The number of hydrogen-bond acceptors (Lipinski definition) is 3. The summed E-state index contributed by atoms with van der Waals surface area (Å²) in [5.74, 6) is 0.765. The first-order valence-electron chi connectivity index (χ1n) is 7.29. The van der Waals surface area contributed by atoms with E-state index in [0.29, 0.717) is 42.4 Å². The molecule has 0 saturated carbocycles. The van der Waals surface area contributed by atoms with Gasteiger partial charge >= 0.3 is 0 Å². The molecule has 1 aliphatic rings. The molecule has 2 rings (SSSR count). The van der Waals surface area contributed by atoms with Gasteiger partial charge in [0, 0.05) is 32.6 Å². The van der Waals surface area contributed by atoms with E-state index in [1.54, 1.807) is 17.0 Å². The van der Waals surface area contributed by atoms with E-state index in [9.17, 15) is 9.59 Å². The summed E-state index contributed by atoms with van der Waals surface area (Å²) in [6.07, 6.45) is 1.37. The summed E-state index contributed by atoms with van der Waals surface area (Å²) in [5.41, 5.74) is 0. The van der Waals surface area contributed by atoms with E-state index in [4.69, 9.17) is 4.42 Å². The second-order valence-corrected chi connectivity index (χ2v) is 6.51. The first-order valence-corrected chi connectivity index (χ1v) is 8.09. The maximum absolute atomic E-state index is 12.3. The summed E-state index contributed by atoms with van der Waals surface area (Å²) in [7, 11) is 0. The molecule has 1 saturated heterocycles. The molecule has 1 aromatic rings. The van der Waals surface area contributed by atoms with Gasteiger partial charge in [0.2, 0.25) is 5.91 Å². The summed E-state index contributed by atoms with van der Waals surface area (Å²) < 4.78 is 5.86. The van der Waals surface area contributed by atoms with Crippen LogP contribution in [0, 0.1) is 5.92 Å². The Kier molecular flexibility index (Phi) is 5.45. The SMILES string of the molecule is CC(C)CC(=O)N1CCCN(C(=O)c2ccc(Br)o2)CC1. The Balaban J connectivity index is 1.94. The van der Waals surface area contributed by atoms with Gasteiger partial charge in [-0.15, -0.1) is 0 Å². The fourth-order valence-electron chi connectivity index (χ4n) is 2.43. The van der Waals surface area contributed by atoms with Crippen LogP contribution in [-0.2, 0) is 4.79 Å². The molecule has 0 aliphatic carbocycles. The van der Waals surface area contributed by atoms with Crippen LogP contribution in [0.2, 0.25) is 0 Å². The van der Waals surface area contributed by atoms with E-state index in [0.717, 1.165) is 13.0 Å². The minimum absolute atomic E-state index is 0.112. The Bertz CT molecular complexity index is 513. The van der Waals surface area contributed by atoms with Crippen molar-refractivity contribution in [1.29, 1.82) is 0 Å². The molecule has 5 nitrogen and oxygen atoms in total. The second kappa shape index (κ2) is 7.11. The fraction of sp³-hybridized carbons (Fsp3) is 0.600. The maximum Gasteiger partial charge on any atom is 0.289 e. The summed E-state index contributed by atoms with van der Waals surface area (Å²) in [6, 6.07) is 3.38. The van der Waals surface area contributed by atoms with Crippen molar-refractivity contribution in [3.05, 3.63) is 22.6 Å². The van der Waals surface area contributed by atoms with Crippen LogP contribution < -0.4 is 0 Å². The van der Waals surface area contributed by atoms with E-state index >= 15 is 0 Å². The quantitative estimate of drug-likeness (QED) is 0.836. The zero-order chi connectivity index (χ0) is 15.4. The van der Waals surface area contributed by atoms with Crippen LogP contribution in [-0.4, -0.2) is 47.8 Å². The molecule has 1 fully saturated rings. The Morgan fingerprint density at radius 1 is 1.19 bits per heavy atom. The van der Waals surface area contributed by atoms with Crippen LogP contribution in [0.25, 0.3) is 0 Å². The highest BCUT2D eigenvalue weighted by Crippen LogP contribution is 2.17. The van der Waals surface area contributed by atoms with Gasteiger partial charge in [0.1, 0.15) is 0 Å². The summed E-state index contributed by atoms with van der Waals surface area (Å²) >= 11 is 3.20. The third-order valence-electron chi connectivity index (χ3n) is 3.50. The Morgan fingerprint density at radius 2 is 1.86 bits per heavy atom. The molecule has 0 bridgehead atoms. The van der Waals surface area contributed by atoms with Gasteiger partial charge in [0.25, 0.3) is 5.91 Å². The molecule has 6 heteroatoms. The van der Waals surface area contributed by atoms with Crippen LogP contribution in [0.4, 0.5) is 0 Å². The molecule has 2 heterocycles. The minimum atomic E-state index is -0.112. The Morgan fingerprint density at radius 3 is 2.48 bits per heavy atom. The van der Waals surface area contributed by atoms with Gasteiger partial charge in [0.05, 0.1) is 0 Å². The van der Waals surface area contributed by atoms with Crippen molar-refractivity contribution >= 4 is 27.7 Å². The zero-order valence-corrected chi connectivity index (χ0v) is 14.1. The molecule has 21 heavy (non-hydrogen) atoms. The number of hydrogen-bond donors (Lipinski definition) is 0. The monoisotopic (exact) mass is 356 g/mol. The molecule has 0 aromatic carbocycles. The third kappa shape index (κ3) is 4.33. The number of halogens is 1. The molecule has 0 radical (unpaired) electrons. The van der Waals surface area contributed by atoms with Crippen molar-refractivity contribution in [3.63, 3.8) is 0 Å². The predicted molar refractivity (Wildman–Crippen MR) is 83.0 cm³/mol. The van der Waals surface area contributed by atoms with Crippen molar-refractivity contribution in [2.24, 2.45) is 5.92 Å². The number of amides is 2. The molecule has 0 spiro atoms. The lowest BCUT2D eigenvalue weighted by Crippen LogP contribution is -2.37. The van der Waals surface area contributed by atoms with Gasteiger partial charge < -0.3 is 14.2 Å². The number of carbonyl (C=O) groups is 2. The maximum atomic E-state index is 12.3. The van der Waals surface area contributed by atoms with E-state index < -0.39 is 0 Å². The van der Waals surface area contributed by atoms with Gasteiger partial charge in [-0.2, -0.15) is 0 Å². The smallest absolute Gasteiger partial charge is 0.289 e. The van der Waals surface area contributed by atoms with Crippen molar-refractivity contribution in [2.45, 2.75) is 26.7 Å². The summed E-state index contributed by atoms with van der Waals surface area (Å²) in [4.78, 5) is 28.1. The lowest BCUT2D eigenvalue weighted by Gasteiger charge is -2.22. The molecule has 0 atom stereocenters. The highest BCUT2D eigenvalue weighted by molar-refractivity contribution is 9.10. The van der Waals surface area contributed by atoms with E-state index in [2.05, 4.69) is 15.9 Å². The molecule has 116 valence electrons. The van der Waals surface area contributed by atoms with Gasteiger partial charge in [-0.05, 0) is 40.4 Å². The first kappa shape index (κ1) is 16.1. The number of furan rings is 1. The average Bonchev–Trinajstić information content (AvgIpc) is 2.71. The van der Waals surface area contributed by atoms with Crippen LogP contribution in [0.1, 0.15) is 37.2 Å². The molecular formula is C15H21BrN2O3. The van der Waals surface area contributed by atoms with Crippen LogP contribution >= 0.6 is 15.9 Å². The lowest BCUT2D eigenvalue weighted by atomic mass is 10.1. The van der Waals surface area contributed by atoms with Gasteiger partial charge in [-0.3, -0.25) is 9.59 Å². The van der Waals surface area contributed by atoms with Gasteiger partial charge in [-0.25, -0.2) is 0 Å². The zero-order valence-electron chi connectivity index (χ0n) is 12.5. The fourth-order valence-corrected chi connectivity index (χ4v) is 2.74. The van der Waals surface area contributed by atoms with Crippen molar-refractivity contribution in [2.75, 3.05) is 26.2 Å². The van der Waals surface area contributed by atoms with Crippen LogP contribution in [0.15, 0.2) is 21.2 Å². The van der Waals surface area contributed by atoms with Crippen LogP contribution in [0.5, 0.6) is 0 Å². The molecule has 0 unspecified atom stereocenters. The highest BCUT2D eigenvalue weighted by Gasteiger charge is 2.24. The van der Waals surface area contributed by atoms with E-state index in [1.807, 2.05) is 18.7 Å². The number of nitrogens with zero attached hydrogens (tertiary/aromatic N) is 2. The minimum Gasteiger partial charge on any atom is -0.444 e. The van der Waals surface area contributed by atoms with Crippen LogP contribution in [0.3, 0.4) is 0 Å². The normalized spacial score (nSPS) is 16.2. The van der Waals surface area contributed by atoms with Crippen molar-refractivity contribution in [3.8, 4) is 0 Å². The number of rotatable bonds is 3. The molecule has 1 aromatic heterocycles. The average molecular weight is 357 g/mol. The lowest BCUT2D eigenvalue weighted by molar-refractivity contribution is -0.131. The third-order valence-corrected chi connectivity index (χ3v) is 3.93. The van der Waals surface area contributed by atoms with Gasteiger partial charge in [-0.1, -0.05) is 13.8 Å². The largest absolute Gasteiger partial charge is 0.444 e. The Hall–Kier alpha value is -1.30. The van der Waals surface area contributed by atoms with E-state index in [-0.39, 0.29) is 11.8 Å². The number of carbonyl (C=O) groups excluding carboxylic acids is 2. The van der Waals surface area contributed by atoms with Gasteiger partial charge in [0.15, 0.2) is 10.4 Å². The topological polar surface area (TPSA) is 53.8 Å². The Labute approximate surface area is 133 Å². The molecule has 1 aliphatic heterocycles. The first-order chi connectivity index (χ1) is 9.97. The van der Waals surface area contributed by atoms with Crippen molar-refractivity contribution < 1.29 is 14.0 Å². The standard InChI is InChI=1S/C15H21BrN2O3/c1-11(2)10-14(19)17-6-3-7-18(9-8-17)15(20)12-4-5-13(16)21-12/h4-5,11H,3,6-10H2,1-2H3. The summed E-state index contributed by atoms with van der Waals surface area (Å²) in [6.45, 7) is 6.61. The molecular weight excluding hydrogens is 336 g/mol. The molecule has 0 N–H and O–H groups in total. The van der Waals surface area contributed by atoms with Crippen molar-refractivity contribution in [1.82, 2.24) is 9.80 Å². The summed E-state index contributed by atoms with van der Waals surface area (Å²) in [5, 5.41) is 0. The van der Waals surface area contributed by atoms with E-state index in [1.165, 1.54) is 0 Å². The molecule has 2 amide bonds. The second-order valence-electron chi connectivity index (χ2n) is 5.73. The predicted octanol–water partition coefficient (Wildman–Crippen LogP) is 2.76.